The fourth-order valence-electron chi connectivity index (χ4n) is 1.29. The average Bonchev–Trinajstić information content (AvgIpc) is 2.17. The van der Waals surface area contributed by atoms with Crippen LogP contribution in [0.2, 0.25) is 0 Å². The van der Waals surface area contributed by atoms with E-state index in [-0.39, 0.29) is 5.75 Å². The molecule has 0 radical (unpaired) electrons. The van der Waals surface area contributed by atoms with Gasteiger partial charge in [-0.3, -0.25) is 0 Å². The summed E-state index contributed by atoms with van der Waals surface area (Å²) in [6.45, 7) is 0. The maximum Gasteiger partial charge on any atom is 0.212 e. The zero-order chi connectivity index (χ0) is 9.26. The Balaban J connectivity index is 2.89. The van der Waals surface area contributed by atoms with Gasteiger partial charge >= 0.3 is 0 Å². The van der Waals surface area contributed by atoms with Gasteiger partial charge in [0.05, 0.1) is 10.9 Å². The molecule has 3 heteroatoms. The third-order valence-corrected chi connectivity index (χ3v) is 1.89. The van der Waals surface area contributed by atoms with Crippen molar-refractivity contribution in [3.8, 4) is 11.8 Å². The highest BCUT2D eigenvalue weighted by atomic mass is 16.3. The third kappa shape index (κ3) is 1.18. The summed E-state index contributed by atoms with van der Waals surface area (Å²) in [6.07, 6.45) is 1.49. The van der Waals surface area contributed by atoms with Gasteiger partial charge in [0.2, 0.25) is 11.7 Å². The molecule has 13 heavy (non-hydrogen) atoms. The first-order valence-corrected chi connectivity index (χ1v) is 3.85. The highest BCUT2D eigenvalue weighted by Crippen LogP contribution is 2.17. The van der Waals surface area contributed by atoms with E-state index < -0.39 is 0 Å². The number of hydrogen-bond acceptors (Lipinski definition) is 2. The zero-order valence-electron chi connectivity index (χ0n) is 6.78. The maximum absolute atomic E-state index is 9.21. The summed E-state index contributed by atoms with van der Waals surface area (Å²) in [4.78, 5) is 2.89. The summed E-state index contributed by atoms with van der Waals surface area (Å²) in [5.74, 6) is 0.134. The van der Waals surface area contributed by atoms with E-state index in [0.29, 0.717) is 5.56 Å². The standard InChI is InChI=1S/C10H6N2O/c11-5-7-2-1-3-10-9(7)4-8(13)6-12-10/h1-4,6,13H/p+1. The van der Waals surface area contributed by atoms with Crippen molar-refractivity contribution in [3.05, 3.63) is 36.0 Å². The molecular formula is C10H7N2O+. The van der Waals surface area contributed by atoms with Gasteiger partial charge in [-0.15, -0.1) is 0 Å². The lowest BCUT2D eigenvalue weighted by molar-refractivity contribution is -0.345. The highest BCUT2D eigenvalue weighted by molar-refractivity contribution is 5.82. The van der Waals surface area contributed by atoms with Crippen molar-refractivity contribution in [3.63, 3.8) is 0 Å². The SMILES string of the molecule is N#Cc1cccc2[nH+]cc(O)cc12. The number of fused-ring (bicyclic) bond motifs is 1. The van der Waals surface area contributed by atoms with Crippen LogP contribution in [0.15, 0.2) is 30.5 Å². The Bertz CT molecular complexity index is 500. The zero-order valence-corrected chi connectivity index (χ0v) is 6.78. The quantitative estimate of drug-likeness (QED) is 0.648. The Morgan fingerprint density at radius 2 is 2.23 bits per heavy atom. The summed E-state index contributed by atoms with van der Waals surface area (Å²) >= 11 is 0. The predicted octanol–water partition coefficient (Wildman–Crippen LogP) is 1.23. The second-order valence-corrected chi connectivity index (χ2v) is 2.74. The van der Waals surface area contributed by atoms with Gasteiger partial charge in [0.25, 0.3) is 0 Å². The van der Waals surface area contributed by atoms with Gasteiger partial charge in [0.15, 0.2) is 5.75 Å². The Labute approximate surface area is 74.9 Å². The van der Waals surface area contributed by atoms with E-state index in [1.165, 1.54) is 6.20 Å². The maximum atomic E-state index is 9.21. The van der Waals surface area contributed by atoms with Gasteiger partial charge in [-0.05, 0) is 6.07 Å². The molecule has 0 amide bonds. The molecule has 0 bridgehead atoms. The average molecular weight is 171 g/mol. The van der Waals surface area contributed by atoms with E-state index in [0.717, 1.165) is 10.9 Å². The number of hydrogen-bond donors (Lipinski definition) is 1. The fraction of sp³-hybridized carbons (Fsp3) is 0. The number of benzene rings is 1. The van der Waals surface area contributed by atoms with Gasteiger partial charge in [0, 0.05) is 12.1 Å². The van der Waals surface area contributed by atoms with Crippen molar-refractivity contribution in [2.24, 2.45) is 0 Å². The summed E-state index contributed by atoms with van der Waals surface area (Å²) in [5.41, 5.74) is 1.40. The number of nitrogens with zero attached hydrogens (tertiary/aromatic N) is 1. The lowest BCUT2D eigenvalue weighted by Gasteiger charge is -1.94. The van der Waals surface area contributed by atoms with Gasteiger partial charge in [-0.1, -0.05) is 6.07 Å². The molecule has 0 spiro atoms. The van der Waals surface area contributed by atoms with Crippen LogP contribution in [0.5, 0.6) is 5.75 Å². The lowest BCUT2D eigenvalue weighted by atomic mass is 10.1. The van der Waals surface area contributed by atoms with Gasteiger partial charge in [-0.2, -0.15) is 5.26 Å². The Morgan fingerprint density at radius 3 is 3.00 bits per heavy atom. The summed E-state index contributed by atoms with van der Waals surface area (Å²) in [7, 11) is 0. The van der Waals surface area contributed by atoms with E-state index in [9.17, 15) is 5.11 Å². The van der Waals surface area contributed by atoms with Crippen LogP contribution < -0.4 is 4.98 Å². The minimum atomic E-state index is 0.134. The molecule has 0 aliphatic rings. The third-order valence-electron chi connectivity index (χ3n) is 1.89. The van der Waals surface area contributed by atoms with E-state index in [2.05, 4.69) is 11.1 Å². The van der Waals surface area contributed by atoms with E-state index in [4.69, 9.17) is 5.26 Å². The number of aromatic hydroxyl groups is 1. The number of nitriles is 1. The van der Waals surface area contributed by atoms with Gasteiger partial charge < -0.3 is 5.11 Å². The lowest BCUT2D eigenvalue weighted by Crippen LogP contribution is -2.02. The first-order valence-electron chi connectivity index (χ1n) is 3.85. The van der Waals surface area contributed by atoms with Crippen molar-refractivity contribution < 1.29 is 10.1 Å². The number of rotatable bonds is 0. The number of pyridine rings is 1. The molecule has 0 aliphatic heterocycles. The van der Waals surface area contributed by atoms with Crippen LogP contribution in [0.25, 0.3) is 10.9 Å². The first kappa shape index (κ1) is 7.56. The van der Waals surface area contributed by atoms with Crippen LogP contribution in [0.1, 0.15) is 5.56 Å². The van der Waals surface area contributed by atoms with Gasteiger partial charge in [0.1, 0.15) is 6.07 Å². The number of H-pyrrole nitrogens is 1. The molecule has 2 rings (SSSR count). The Morgan fingerprint density at radius 1 is 1.38 bits per heavy atom. The van der Waals surface area contributed by atoms with Crippen LogP contribution in [0.3, 0.4) is 0 Å². The van der Waals surface area contributed by atoms with Crippen LogP contribution in [0, 0.1) is 11.3 Å². The molecule has 0 fully saturated rings. The molecule has 0 atom stereocenters. The summed E-state index contributed by atoms with van der Waals surface area (Å²) in [6, 6.07) is 9.01. The largest absolute Gasteiger partial charge is 0.503 e. The van der Waals surface area contributed by atoms with Crippen molar-refractivity contribution in [2.75, 3.05) is 0 Å². The number of aromatic amines is 1. The molecular weight excluding hydrogens is 164 g/mol. The first-order chi connectivity index (χ1) is 6.31. The molecule has 1 aromatic heterocycles. The van der Waals surface area contributed by atoms with Gasteiger partial charge in [-0.25, -0.2) is 4.98 Å². The van der Waals surface area contributed by atoms with Crippen molar-refractivity contribution in [1.29, 1.82) is 5.26 Å². The molecule has 0 aliphatic carbocycles. The normalized spacial score (nSPS) is 9.77. The molecule has 0 saturated heterocycles. The molecule has 0 unspecified atom stereocenters. The summed E-state index contributed by atoms with van der Waals surface area (Å²) < 4.78 is 0. The molecule has 2 aromatic rings. The summed E-state index contributed by atoms with van der Waals surface area (Å²) in [5, 5.41) is 18.7. The van der Waals surface area contributed by atoms with E-state index in [1.54, 1.807) is 18.2 Å². The molecule has 1 aromatic carbocycles. The van der Waals surface area contributed by atoms with Crippen LogP contribution in [-0.2, 0) is 0 Å². The minimum absolute atomic E-state index is 0.134. The molecule has 1 heterocycles. The number of nitrogens with one attached hydrogen (secondary N) is 1. The fourth-order valence-corrected chi connectivity index (χ4v) is 1.29. The van der Waals surface area contributed by atoms with E-state index in [1.807, 2.05) is 6.07 Å². The van der Waals surface area contributed by atoms with Crippen molar-refractivity contribution >= 4 is 10.9 Å². The molecule has 0 saturated carbocycles. The Hall–Kier alpha value is -2.08. The molecule has 3 nitrogen and oxygen atoms in total. The van der Waals surface area contributed by atoms with Crippen molar-refractivity contribution in [1.82, 2.24) is 0 Å². The van der Waals surface area contributed by atoms with Crippen LogP contribution >= 0.6 is 0 Å². The Kier molecular flexibility index (Phi) is 1.60. The topological polar surface area (TPSA) is 58.2 Å². The van der Waals surface area contributed by atoms with Crippen LogP contribution in [-0.4, -0.2) is 5.11 Å². The highest BCUT2D eigenvalue weighted by Gasteiger charge is 2.05. The van der Waals surface area contributed by atoms with E-state index >= 15 is 0 Å². The monoisotopic (exact) mass is 171 g/mol. The smallest absolute Gasteiger partial charge is 0.212 e. The predicted molar refractivity (Wildman–Crippen MR) is 46.9 cm³/mol. The molecule has 2 N–H and O–H groups in total. The minimum Gasteiger partial charge on any atom is -0.503 e. The second kappa shape index (κ2) is 2.76. The molecule has 62 valence electrons. The van der Waals surface area contributed by atoms with Crippen LogP contribution in [0.4, 0.5) is 0 Å². The number of aromatic nitrogens is 1. The van der Waals surface area contributed by atoms with Crippen molar-refractivity contribution in [2.45, 2.75) is 0 Å². The second-order valence-electron chi connectivity index (χ2n) is 2.74.